The number of aryl methyl sites for hydroxylation is 1. The summed E-state index contributed by atoms with van der Waals surface area (Å²) in [7, 11) is 1.70. The van der Waals surface area contributed by atoms with E-state index in [9.17, 15) is 10.1 Å². The quantitative estimate of drug-likeness (QED) is 0.571. The molecular formula is C9H9N5O3. The highest BCUT2D eigenvalue weighted by Gasteiger charge is 2.06. The second kappa shape index (κ2) is 4.56. The number of rotatable bonds is 4. The molecule has 0 saturated heterocycles. The van der Waals surface area contributed by atoms with Gasteiger partial charge < -0.3 is 4.74 Å². The molecule has 0 fully saturated rings. The first-order valence-electron chi connectivity index (χ1n) is 4.75. The van der Waals surface area contributed by atoms with E-state index in [1.807, 2.05) is 0 Å². The zero-order chi connectivity index (χ0) is 12.3. The van der Waals surface area contributed by atoms with E-state index in [2.05, 4.69) is 15.5 Å². The predicted octanol–water partition coefficient (Wildman–Crippen LogP) is 0.697. The van der Waals surface area contributed by atoms with Crippen molar-refractivity contribution in [2.24, 2.45) is 7.05 Å². The first-order chi connectivity index (χ1) is 8.16. The summed E-state index contributed by atoms with van der Waals surface area (Å²) in [6.45, 7) is 0.210. The van der Waals surface area contributed by atoms with Crippen LogP contribution in [0.5, 0.6) is 5.75 Å². The van der Waals surface area contributed by atoms with Crippen LogP contribution in [0.4, 0.5) is 5.69 Å². The van der Waals surface area contributed by atoms with Crippen molar-refractivity contribution >= 4 is 5.69 Å². The van der Waals surface area contributed by atoms with Crippen molar-refractivity contribution in [3.05, 3.63) is 40.2 Å². The van der Waals surface area contributed by atoms with Gasteiger partial charge in [0.2, 0.25) is 0 Å². The second-order valence-corrected chi connectivity index (χ2v) is 3.26. The first-order valence-corrected chi connectivity index (χ1v) is 4.75. The summed E-state index contributed by atoms with van der Waals surface area (Å²) in [5.41, 5.74) is 0.0256. The molecule has 0 bridgehead atoms. The molecule has 2 rings (SSSR count). The number of nitro groups is 1. The second-order valence-electron chi connectivity index (χ2n) is 3.26. The fourth-order valence-corrected chi connectivity index (χ4v) is 1.18. The van der Waals surface area contributed by atoms with Crippen molar-refractivity contribution in [1.29, 1.82) is 0 Å². The molecule has 2 aromatic rings. The van der Waals surface area contributed by atoms with Gasteiger partial charge >= 0.3 is 0 Å². The summed E-state index contributed by atoms with van der Waals surface area (Å²) in [4.78, 5) is 9.97. The molecule has 0 aliphatic carbocycles. The Morgan fingerprint density at radius 3 is 2.65 bits per heavy atom. The normalized spacial score (nSPS) is 10.2. The van der Waals surface area contributed by atoms with Crippen LogP contribution in [0, 0.1) is 10.1 Å². The lowest BCUT2D eigenvalue weighted by Crippen LogP contribution is -2.04. The number of nitrogens with zero attached hydrogens (tertiary/aromatic N) is 5. The lowest BCUT2D eigenvalue weighted by Gasteiger charge is -2.03. The Morgan fingerprint density at radius 1 is 1.41 bits per heavy atom. The number of ether oxygens (including phenoxy) is 1. The van der Waals surface area contributed by atoms with Gasteiger partial charge in [0.15, 0.2) is 5.82 Å². The molecule has 0 amide bonds. The number of aromatic nitrogens is 4. The van der Waals surface area contributed by atoms with Crippen molar-refractivity contribution in [1.82, 2.24) is 20.2 Å². The Kier molecular flexibility index (Phi) is 2.95. The number of tetrazole rings is 1. The minimum atomic E-state index is -0.462. The highest BCUT2D eigenvalue weighted by Crippen LogP contribution is 2.17. The fourth-order valence-electron chi connectivity index (χ4n) is 1.18. The van der Waals surface area contributed by atoms with Gasteiger partial charge in [-0.1, -0.05) is 0 Å². The Balaban J connectivity index is 2.00. The van der Waals surface area contributed by atoms with E-state index in [0.717, 1.165) is 0 Å². The number of nitro benzene ring substituents is 1. The molecule has 0 spiro atoms. The molecule has 0 aliphatic heterocycles. The first kappa shape index (κ1) is 11.0. The van der Waals surface area contributed by atoms with Crippen LogP contribution < -0.4 is 4.74 Å². The molecule has 0 unspecified atom stereocenters. The fraction of sp³-hybridized carbons (Fsp3) is 0.222. The predicted molar refractivity (Wildman–Crippen MR) is 56.2 cm³/mol. The summed E-state index contributed by atoms with van der Waals surface area (Å²) >= 11 is 0. The minimum Gasteiger partial charge on any atom is -0.486 e. The molecule has 1 heterocycles. The lowest BCUT2D eigenvalue weighted by molar-refractivity contribution is -0.384. The van der Waals surface area contributed by atoms with Gasteiger partial charge in [-0.3, -0.25) is 10.1 Å². The minimum absolute atomic E-state index is 0.0256. The number of benzene rings is 1. The topological polar surface area (TPSA) is 96.0 Å². The molecule has 8 heteroatoms. The number of non-ortho nitro benzene ring substituents is 1. The summed E-state index contributed by atoms with van der Waals surface area (Å²) < 4.78 is 6.87. The van der Waals surface area contributed by atoms with E-state index in [1.54, 1.807) is 7.05 Å². The number of hydrogen-bond acceptors (Lipinski definition) is 6. The zero-order valence-corrected chi connectivity index (χ0v) is 8.98. The van der Waals surface area contributed by atoms with Crippen LogP contribution in [0.3, 0.4) is 0 Å². The van der Waals surface area contributed by atoms with Gasteiger partial charge in [0.05, 0.1) is 4.92 Å². The molecule has 0 N–H and O–H groups in total. The Hall–Kier alpha value is -2.51. The van der Waals surface area contributed by atoms with Gasteiger partial charge in [0, 0.05) is 19.2 Å². The van der Waals surface area contributed by atoms with Crippen molar-refractivity contribution in [2.45, 2.75) is 6.61 Å². The maximum atomic E-state index is 10.4. The van der Waals surface area contributed by atoms with Gasteiger partial charge in [0.1, 0.15) is 12.4 Å². The van der Waals surface area contributed by atoms with E-state index in [-0.39, 0.29) is 12.3 Å². The molecule has 0 atom stereocenters. The van der Waals surface area contributed by atoms with Crippen LogP contribution in [0.1, 0.15) is 5.82 Å². The van der Waals surface area contributed by atoms with Crippen LogP contribution in [0.15, 0.2) is 24.3 Å². The van der Waals surface area contributed by atoms with Crippen LogP contribution >= 0.6 is 0 Å². The van der Waals surface area contributed by atoms with Gasteiger partial charge in [0.25, 0.3) is 5.69 Å². The maximum absolute atomic E-state index is 10.4. The Labute approximate surface area is 96.0 Å². The summed E-state index contributed by atoms with van der Waals surface area (Å²) in [6, 6.07) is 5.82. The molecular weight excluding hydrogens is 226 g/mol. The molecule has 0 saturated carbocycles. The Morgan fingerprint density at radius 2 is 2.12 bits per heavy atom. The molecule has 1 aromatic heterocycles. The maximum Gasteiger partial charge on any atom is 0.269 e. The van der Waals surface area contributed by atoms with Gasteiger partial charge in [-0.15, -0.1) is 5.10 Å². The highest BCUT2D eigenvalue weighted by molar-refractivity contribution is 5.35. The van der Waals surface area contributed by atoms with E-state index < -0.39 is 4.92 Å². The van der Waals surface area contributed by atoms with Gasteiger partial charge in [-0.05, 0) is 22.6 Å². The molecule has 17 heavy (non-hydrogen) atoms. The number of hydrogen-bond donors (Lipinski definition) is 0. The largest absolute Gasteiger partial charge is 0.486 e. The van der Waals surface area contributed by atoms with Crippen molar-refractivity contribution in [3.63, 3.8) is 0 Å². The average molecular weight is 235 g/mol. The highest BCUT2D eigenvalue weighted by atomic mass is 16.6. The van der Waals surface area contributed by atoms with Gasteiger partial charge in [-0.25, -0.2) is 4.68 Å². The van der Waals surface area contributed by atoms with Crippen molar-refractivity contribution < 1.29 is 9.66 Å². The molecule has 88 valence electrons. The summed E-state index contributed by atoms with van der Waals surface area (Å²) in [5.74, 6) is 1.10. The summed E-state index contributed by atoms with van der Waals surface area (Å²) in [6.07, 6.45) is 0. The van der Waals surface area contributed by atoms with Crippen LogP contribution in [0.2, 0.25) is 0 Å². The SMILES string of the molecule is Cn1nnnc1COc1ccc([N+](=O)[O-])cc1. The third-order valence-electron chi connectivity index (χ3n) is 2.12. The Bertz CT molecular complexity index is 522. The lowest BCUT2D eigenvalue weighted by atomic mass is 10.3. The van der Waals surface area contributed by atoms with E-state index in [1.165, 1.54) is 28.9 Å². The monoisotopic (exact) mass is 235 g/mol. The molecule has 1 aromatic carbocycles. The van der Waals surface area contributed by atoms with Gasteiger partial charge in [-0.2, -0.15) is 0 Å². The third kappa shape index (κ3) is 2.54. The van der Waals surface area contributed by atoms with Crippen molar-refractivity contribution in [3.8, 4) is 5.75 Å². The van der Waals surface area contributed by atoms with E-state index >= 15 is 0 Å². The van der Waals surface area contributed by atoms with Crippen LogP contribution in [-0.4, -0.2) is 25.1 Å². The molecule has 8 nitrogen and oxygen atoms in total. The molecule has 0 radical (unpaired) electrons. The van der Waals surface area contributed by atoms with E-state index in [4.69, 9.17) is 4.74 Å². The van der Waals surface area contributed by atoms with E-state index in [0.29, 0.717) is 11.6 Å². The standard InChI is InChI=1S/C9H9N5O3/c1-13-9(10-11-12-13)6-17-8-4-2-7(3-5-8)14(15)16/h2-5H,6H2,1H3. The average Bonchev–Trinajstić information content (AvgIpc) is 2.73. The molecule has 0 aliphatic rings. The third-order valence-corrected chi connectivity index (χ3v) is 2.12. The van der Waals surface area contributed by atoms with Crippen LogP contribution in [-0.2, 0) is 13.7 Å². The smallest absolute Gasteiger partial charge is 0.269 e. The van der Waals surface area contributed by atoms with Crippen molar-refractivity contribution in [2.75, 3.05) is 0 Å². The van der Waals surface area contributed by atoms with Crippen LogP contribution in [0.25, 0.3) is 0 Å². The summed E-state index contributed by atoms with van der Waals surface area (Å²) in [5, 5.41) is 21.3. The zero-order valence-electron chi connectivity index (χ0n) is 8.98.